The molecule has 0 heterocycles. The number of carbonyl (C=O) groups is 2. The molecule has 2 N–H and O–H groups in total. The first-order chi connectivity index (χ1) is 12.0. The van der Waals surface area contributed by atoms with Gasteiger partial charge in [0.25, 0.3) is 0 Å². The highest BCUT2D eigenvalue weighted by Crippen LogP contribution is 2.25. The van der Waals surface area contributed by atoms with Crippen molar-refractivity contribution in [3.8, 4) is 0 Å². The molecule has 136 valence electrons. The number of amides is 2. The van der Waals surface area contributed by atoms with Crippen molar-refractivity contribution in [1.29, 1.82) is 0 Å². The van der Waals surface area contributed by atoms with E-state index in [2.05, 4.69) is 15.8 Å². The highest BCUT2D eigenvalue weighted by molar-refractivity contribution is 6.01. The second kappa shape index (κ2) is 9.35. The zero-order valence-electron chi connectivity index (χ0n) is 15.5. The van der Waals surface area contributed by atoms with Gasteiger partial charge in [0.15, 0.2) is 0 Å². The van der Waals surface area contributed by atoms with Crippen LogP contribution in [-0.4, -0.2) is 17.5 Å². The molecule has 5 nitrogen and oxygen atoms in total. The standard InChI is InChI=1S/C20H29N3O2/c1-14(2)12-19(24)23-22-15(3)17-10-7-11-18(13-17)21-20(25)16-8-5-4-6-9-16/h7,10-11,13-14,16H,4-6,8-9,12H2,1-3H3,(H,21,25)(H,23,24). The van der Waals surface area contributed by atoms with Crippen molar-refractivity contribution in [1.82, 2.24) is 5.43 Å². The van der Waals surface area contributed by atoms with Gasteiger partial charge in [-0.25, -0.2) is 5.43 Å². The van der Waals surface area contributed by atoms with Crippen molar-refractivity contribution in [2.45, 2.75) is 59.3 Å². The second-order valence-electron chi connectivity index (χ2n) is 7.24. The van der Waals surface area contributed by atoms with Crippen LogP contribution >= 0.6 is 0 Å². The fraction of sp³-hybridized carbons (Fsp3) is 0.550. The van der Waals surface area contributed by atoms with Crippen molar-refractivity contribution in [2.24, 2.45) is 16.9 Å². The lowest BCUT2D eigenvalue weighted by Crippen LogP contribution is -2.24. The maximum Gasteiger partial charge on any atom is 0.240 e. The van der Waals surface area contributed by atoms with Gasteiger partial charge in [0.1, 0.15) is 0 Å². The molecule has 5 heteroatoms. The largest absolute Gasteiger partial charge is 0.326 e. The summed E-state index contributed by atoms with van der Waals surface area (Å²) >= 11 is 0. The summed E-state index contributed by atoms with van der Waals surface area (Å²) in [4.78, 5) is 24.1. The number of nitrogens with one attached hydrogen (secondary N) is 2. The number of benzene rings is 1. The zero-order valence-corrected chi connectivity index (χ0v) is 15.5. The van der Waals surface area contributed by atoms with Gasteiger partial charge in [0, 0.05) is 18.0 Å². The van der Waals surface area contributed by atoms with Crippen LogP contribution in [0.15, 0.2) is 29.4 Å². The van der Waals surface area contributed by atoms with Crippen LogP contribution in [0.2, 0.25) is 0 Å². The Morgan fingerprint density at radius 3 is 2.60 bits per heavy atom. The molecule has 1 saturated carbocycles. The van der Waals surface area contributed by atoms with Crippen molar-refractivity contribution in [2.75, 3.05) is 5.32 Å². The Morgan fingerprint density at radius 1 is 1.20 bits per heavy atom. The summed E-state index contributed by atoms with van der Waals surface area (Å²) in [5, 5.41) is 7.18. The van der Waals surface area contributed by atoms with Crippen molar-refractivity contribution in [3.63, 3.8) is 0 Å². The third-order valence-electron chi connectivity index (χ3n) is 4.47. The van der Waals surface area contributed by atoms with Crippen LogP contribution < -0.4 is 10.7 Å². The van der Waals surface area contributed by atoms with Gasteiger partial charge in [-0.2, -0.15) is 5.10 Å². The van der Waals surface area contributed by atoms with E-state index in [1.807, 2.05) is 45.0 Å². The van der Waals surface area contributed by atoms with E-state index in [0.717, 1.165) is 36.9 Å². The first-order valence-corrected chi connectivity index (χ1v) is 9.20. The third kappa shape index (κ3) is 6.33. The molecule has 1 aliphatic carbocycles. The summed E-state index contributed by atoms with van der Waals surface area (Å²) in [5.41, 5.74) is 4.95. The Labute approximate surface area is 150 Å². The Bertz CT molecular complexity index is 632. The Morgan fingerprint density at radius 2 is 1.92 bits per heavy atom. The minimum absolute atomic E-state index is 0.0869. The van der Waals surface area contributed by atoms with Gasteiger partial charge in [-0.1, -0.05) is 45.2 Å². The monoisotopic (exact) mass is 343 g/mol. The molecule has 0 saturated heterocycles. The quantitative estimate of drug-likeness (QED) is 0.603. The normalized spacial score (nSPS) is 15.9. The fourth-order valence-electron chi connectivity index (χ4n) is 3.06. The van der Waals surface area contributed by atoms with E-state index in [1.54, 1.807) is 0 Å². The number of rotatable bonds is 6. The van der Waals surface area contributed by atoms with E-state index < -0.39 is 0 Å². The molecule has 25 heavy (non-hydrogen) atoms. The van der Waals surface area contributed by atoms with Gasteiger partial charge in [-0.3, -0.25) is 9.59 Å². The highest BCUT2D eigenvalue weighted by Gasteiger charge is 2.21. The summed E-state index contributed by atoms with van der Waals surface area (Å²) in [6, 6.07) is 7.59. The number of hydrogen-bond donors (Lipinski definition) is 2. The van der Waals surface area contributed by atoms with Gasteiger partial charge in [-0.15, -0.1) is 0 Å². The van der Waals surface area contributed by atoms with E-state index in [9.17, 15) is 9.59 Å². The number of nitrogens with zero attached hydrogens (tertiary/aromatic N) is 1. The molecular formula is C20H29N3O2. The summed E-state index contributed by atoms with van der Waals surface area (Å²) in [7, 11) is 0. The average molecular weight is 343 g/mol. The average Bonchev–Trinajstić information content (AvgIpc) is 2.60. The smallest absolute Gasteiger partial charge is 0.240 e. The lowest BCUT2D eigenvalue weighted by molar-refractivity contribution is -0.122. The number of hydrazone groups is 1. The summed E-state index contributed by atoms with van der Waals surface area (Å²) in [6.45, 7) is 5.83. The maximum atomic E-state index is 12.4. The molecule has 0 bridgehead atoms. The highest BCUT2D eigenvalue weighted by atomic mass is 16.2. The van der Waals surface area contributed by atoms with Gasteiger partial charge in [0.05, 0.1) is 5.71 Å². The molecule has 0 atom stereocenters. The van der Waals surface area contributed by atoms with Crippen molar-refractivity contribution in [3.05, 3.63) is 29.8 Å². The summed E-state index contributed by atoms with van der Waals surface area (Å²) in [6.07, 6.45) is 5.92. The number of hydrogen-bond acceptors (Lipinski definition) is 3. The molecule has 1 aromatic carbocycles. The zero-order chi connectivity index (χ0) is 18.2. The van der Waals surface area contributed by atoms with Gasteiger partial charge >= 0.3 is 0 Å². The molecule has 0 radical (unpaired) electrons. The van der Waals surface area contributed by atoms with Crippen LogP contribution in [0.3, 0.4) is 0 Å². The van der Waals surface area contributed by atoms with Crippen LogP contribution in [0, 0.1) is 11.8 Å². The molecule has 2 amide bonds. The minimum Gasteiger partial charge on any atom is -0.326 e. The molecule has 0 unspecified atom stereocenters. The SMILES string of the molecule is CC(=NNC(=O)CC(C)C)c1cccc(NC(=O)C2CCCCC2)c1. The first-order valence-electron chi connectivity index (χ1n) is 9.20. The summed E-state index contributed by atoms with van der Waals surface area (Å²) < 4.78 is 0. The van der Waals surface area contributed by atoms with Crippen molar-refractivity contribution < 1.29 is 9.59 Å². The Kier molecular flexibility index (Phi) is 7.16. The minimum atomic E-state index is -0.0869. The van der Waals surface area contributed by atoms with E-state index in [-0.39, 0.29) is 17.7 Å². The van der Waals surface area contributed by atoms with Gasteiger partial charge < -0.3 is 5.32 Å². The Balaban J connectivity index is 1.97. The molecule has 0 aromatic heterocycles. The van der Waals surface area contributed by atoms with Crippen LogP contribution in [-0.2, 0) is 9.59 Å². The van der Waals surface area contributed by atoms with Gasteiger partial charge in [-0.05, 0) is 43.4 Å². The first kappa shape index (κ1) is 19.2. The Hall–Kier alpha value is -2.17. The van der Waals surface area contributed by atoms with Crippen LogP contribution in [0.4, 0.5) is 5.69 Å². The van der Waals surface area contributed by atoms with Gasteiger partial charge in [0.2, 0.25) is 11.8 Å². The van der Waals surface area contributed by atoms with Crippen LogP contribution in [0.5, 0.6) is 0 Å². The molecule has 0 spiro atoms. The molecule has 1 aromatic rings. The predicted octanol–water partition coefficient (Wildman–Crippen LogP) is 4.09. The summed E-state index contributed by atoms with van der Waals surface area (Å²) in [5.74, 6) is 0.448. The molecule has 1 fully saturated rings. The fourth-order valence-corrected chi connectivity index (χ4v) is 3.06. The molecule has 1 aliphatic rings. The number of anilines is 1. The van der Waals surface area contributed by atoms with E-state index in [0.29, 0.717) is 18.1 Å². The lowest BCUT2D eigenvalue weighted by Gasteiger charge is -2.20. The number of carbonyl (C=O) groups excluding carboxylic acids is 2. The van der Waals surface area contributed by atoms with E-state index in [4.69, 9.17) is 0 Å². The molecule has 0 aliphatic heterocycles. The van der Waals surface area contributed by atoms with E-state index in [1.165, 1.54) is 6.42 Å². The van der Waals surface area contributed by atoms with Crippen molar-refractivity contribution >= 4 is 23.2 Å². The van der Waals surface area contributed by atoms with Crippen LogP contribution in [0.25, 0.3) is 0 Å². The molecule has 2 rings (SSSR count). The van der Waals surface area contributed by atoms with Crippen LogP contribution in [0.1, 0.15) is 64.9 Å². The predicted molar refractivity (Wildman–Crippen MR) is 101 cm³/mol. The second-order valence-corrected chi connectivity index (χ2v) is 7.24. The topological polar surface area (TPSA) is 70.6 Å². The van der Waals surface area contributed by atoms with E-state index >= 15 is 0 Å². The molecular weight excluding hydrogens is 314 g/mol. The maximum absolute atomic E-state index is 12.4. The lowest BCUT2D eigenvalue weighted by atomic mass is 9.88. The third-order valence-corrected chi connectivity index (χ3v) is 4.47.